The number of Topliss-reactive ketones (excluding diaryl/α,β-unsaturated/α-hetero) is 1. The summed E-state index contributed by atoms with van der Waals surface area (Å²) in [5, 5.41) is 16.7. The van der Waals surface area contributed by atoms with E-state index in [0.717, 1.165) is 0 Å². The quantitative estimate of drug-likeness (QED) is 0.458. The fourth-order valence-electron chi connectivity index (χ4n) is 2.58. The van der Waals surface area contributed by atoms with Gasteiger partial charge in [-0.2, -0.15) is 9.90 Å². The average molecular weight is 427 g/mol. The van der Waals surface area contributed by atoms with E-state index in [0.29, 0.717) is 29.4 Å². The zero-order valence-electron chi connectivity index (χ0n) is 16.6. The molecule has 0 unspecified atom stereocenters. The lowest BCUT2D eigenvalue weighted by Gasteiger charge is -1.97. The first kappa shape index (κ1) is 21.4. The van der Waals surface area contributed by atoms with Gasteiger partial charge in [-0.05, 0) is 24.3 Å². The molecule has 0 fully saturated rings. The standard InChI is InChI=1S/C11H8FNO3.C9H10N4O2/c1-6-13-9(11(14)15)10(16-6)7-3-2-4-8(12)5-7;1-6(14)8-3-2-7(15-8)5-13-11-4-9(10)12-13/h2-5H,1H3,(H,14,15);2-4H,5H2,1H3,(H2,10,12). The summed E-state index contributed by atoms with van der Waals surface area (Å²) in [5.74, 6) is -0.136. The Morgan fingerprint density at radius 2 is 2.00 bits per heavy atom. The SMILES string of the molecule is CC(=O)c1ccc(Cn2ncc(N)n2)o1.Cc1nc(C(=O)O)c(-c2cccc(F)c2)o1. The van der Waals surface area contributed by atoms with Crippen LogP contribution < -0.4 is 5.73 Å². The van der Waals surface area contributed by atoms with Crippen LogP contribution in [-0.4, -0.2) is 36.8 Å². The summed E-state index contributed by atoms with van der Waals surface area (Å²) in [5.41, 5.74) is 5.56. The number of aromatic carboxylic acids is 1. The maximum Gasteiger partial charge on any atom is 0.358 e. The molecule has 4 aromatic rings. The molecular formula is C20H18FN5O5. The predicted molar refractivity (Wildman–Crippen MR) is 106 cm³/mol. The number of ketones is 1. The maximum atomic E-state index is 13.0. The summed E-state index contributed by atoms with van der Waals surface area (Å²) in [7, 11) is 0. The van der Waals surface area contributed by atoms with E-state index < -0.39 is 11.8 Å². The molecule has 0 bridgehead atoms. The van der Waals surface area contributed by atoms with Crippen LogP contribution in [0.5, 0.6) is 0 Å². The van der Waals surface area contributed by atoms with Gasteiger partial charge in [0.2, 0.25) is 0 Å². The average Bonchev–Trinajstić information content (AvgIpc) is 3.43. The Morgan fingerprint density at radius 3 is 2.58 bits per heavy atom. The van der Waals surface area contributed by atoms with Crippen molar-refractivity contribution in [1.82, 2.24) is 20.0 Å². The van der Waals surface area contributed by atoms with Crippen LogP contribution in [0.25, 0.3) is 11.3 Å². The molecule has 10 nitrogen and oxygen atoms in total. The second-order valence-corrected chi connectivity index (χ2v) is 6.35. The minimum atomic E-state index is -1.20. The smallest absolute Gasteiger partial charge is 0.358 e. The third kappa shape index (κ3) is 5.41. The number of carboxylic acid groups (broad SMARTS) is 1. The molecule has 0 saturated heterocycles. The van der Waals surface area contributed by atoms with Crippen molar-refractivity contribution in [3.63, 3.8) is 0 Å². The molecule has 31 heavy (non-hydrogen) atoms. The molecule has 0 aliphatic carbocycles. The fraction of sp³-hybridized carbons (Fsp3) is 0.150. The summed E-state index contributed by atoms with van der Waals surface area (Å²) in [6.45, 7) is 3.35. The van der Waals surface area contributed by atoms with Gasteiger partial charge < -0.3 is 19.7 Å². The Bertz CT molecular complexity index is 1230. The summed E-state index contributed by atoms with van der Waals surface area (Å²) >= 11 is 0. The highest BCUT2D eigenvalue weighted by molar-refractivity contribution is 5.92. The van der Waals surface area contributed by atoms with Gasteiger partial charge in [0.05, 0.1) is 6.20 Å². The third-order valence-corrected chi connectivity index (χ3v) is 3.88. The zero-order chi connectivity index (χ0) is 22.5. The normalized spacial score (nSPS) is 10.4. The minimum Gasteiger partial charge on any atom is -0.476 e. The molecule has 0 saturated carbocycles. The van der Waals surface area contributed by atoms with Gasteiger partial charge in [0.25, 0.3) is 0 Å². The van der Waals surface area contributed by atoms with Crippen molar-refractivity contribution in [2.75, 3.05) is 5.73 Å². The largest absolute Gasteiger partial charge is 0.476 e. The first-order chi connectivity index (χ1) is 14.7. The van der Waals surface area contributed by atoms with Crippen molar-refractivity contribution >= 4 is 17.6 Å². The molecule has 3 N–H and O–H groups in total. The van der Waals surface area contributed by atoms with Crippen molar-refractivity contribution in [3.05, 3.63) is 71.5 Å². The van der Waals surface area contributed by atoms with Crippen molar-refractivity contribution in [2.24, 2.45) is 0 Å². The molecule has 0 amide bonds. The van der Waals surface area contributed by atoms with Crippen molar-refractivity contribution in [1.29, 1.82) is 0 Å². The van der Waals surface area contributed by atoms with E-state index in [1.807, 2.05) is 0 Å². The number of anilines is 1. The molecule has 0 aliphatic heterocycles. The number of oxazole rings is 1. The molecule has 0 aliphatic rings. The van der Waals surface area contributed by atoms with Crippen LogP contribution in [0.3, 0.4) is 0 Å². The van der Waals surface area contributed by atoms with Crippen LogP contribution >= 0.6 is 0 Å². The Kier molecular flexibility index (Phi) is 6.24. The van der Waals surface area contributed by atoms with Gasteiger partial charge in [0.1, 0.15) is 18.1 Å². The van der Waals surface area contributed by atoms with Crippen LogP contribution in [-0.2, 0) is 6.54 Å². The first-order valence-electron chi connectivity index (χ1n) is 8.95. The lowest BCUT2D eigenvalue weighted by atomic mass is 10.1. The number of aromatic nitrogens is 4. The Hall–Kier alpha value is -4.28. The monoisotopic (exact) mass is 427 g/mol. The van der Waals surface area contributed by atoms with Gasteiger partial charge in [0.15, 0.2) is 34.7 Å². The van der Waals surface area contributed by atoms with Gasteiger partial charge in [-0.25, -0.2) is 14.2 Å². The van der Waals surface area contributed by atoms with Crippen molar-refractivity contribution in [2.45, 2.75) is 20.4 Å². The van der Waals surface area contributed by atoms with Crippen LogP contribution in [0.15, 0.2) is 51.4 Å². The minimum absolute atomic E-state index is 0.0736. The Balaban J connectivity index is 0.000000176. The first-order valence-corrected chi connectivity index (χ1v) is 8.95. The van der Waals surface area contributed by atoms with Crippen LogP contribution in [0.1, 0.15) is 39.6 Å². The number of furan rings is 1. The Labute approximate surface area is 175 Å². The van der Waals surface area contributed by atoms with Gasteiger partial charge >= 0.3 is 5.97 Å². The summed E-state index contributed by atoms with van der Waals surface area (Å²) < 4.78 is 23.4. The van der Waals surface area contributed by atoms with Crippen LogP contribution in [0.2, 0.25) is 0 Å². The molecule has 1 aromatic carbocycles. The summed E-state index contributed by atoms with van der Waals surface area (Å²) in [6, 6.07) is 8.87. The van der Waals surface area contributed by atoms with Crippen LogP contribution in [0, 0.1) is 12.7 Å². The number of rotatable bonds is 5. The molecule has 160 valence electrons. The lowest BCUT2D eigenvalue weighted by Crippen LogP contribution is -2.03. The van der Waals surface area contributed by atoms with Gasteiger partial charge in [-0.3, -0.25) is 4.79 Å². The molecule has 11 heteroatoms. The molecule has 4 rings (SSSR count). The number of nitrogen functional groups attached to an aromatic ring is 1. The van der Waals surface area contributed by atoms with E-state index in [-0.39, 0.29) is 23.1 Å². The van der Waals surface area contributed by atoms with E-state index in [9.17, 15) is 14.0 Å². The second kappa shape index (κ2) is 9.03. The number of hydrogen-bond acceptors (Lipinski definition) is 8. The number of aryl methyl sites for hydroxylation is 1. The van der Waals surface area contributed by atoms with Crippen LogP contribution in [0.4, 0.5) is 10.2 Å². The second-order valence-electron chi connectivity index (χ2n) is 6.35. The van der Waals surface area contributed by atoms with E-state index in [1.54, 1.807) is 18.2 Å². The summed E-state index contributed by atoms with van der Waals surface area (Å²) in [6.07, 6.45) is 1.45. The zero-order valence-corrected chi connectivity index (χ0v) is 16.6. The maximum absolute atomic E-state index is 13.0. The van der Waals surface area contributed by atoms with Gasteiger partial charge in [0, 0.05) is 19.4 Å². The Morgan fingerprint density at radius 1 is 1.23 bits per heavy atom. The van der Waals surface area contributed by atoms with E-state index >= 15 is 0 Å². The molecule has 3 aromatic heterocycles. The third-order valence-electron chi connectivity index (χ3n) is 3.88. The highest BCUT2D eigenvalue weighted by Gasteiger charge is 2.19. The number of hydrogen-bond donors (Lipinski definition) is 2. The fourth-order valence-corrected chi connectivity index (χ4v) is 2.58. The number of carbonyl (C=O) groups is 2. The molecule has 3 heterocycles. The molecule has 0 spiro atoms. The van der Waals surface area contributed by atoms with Crippen molar-refractivity contribution in [3.8, 4) is 11.3 Å². The van der Waals surface area contributed by atoms with E-state index in [4.69, 9.17) is 19.7 Å². The van der Waals surface area contributed by atoms with E-state index in [2.05, 4.69) is 15.2 Å². The molecule has 0 radical (unpaired) electrons. The number of nitrogens with two attached hydrogens (primary N) is 1. The molecule has 0 atom stereocenters. The predicted octanol–water partition coefficient (Wildman–Crippen LogP) is 3.19. The topological polar surface area (TPSA) is 150 Å². The van der Waals surface area contributed by atoms with Crippen molar-refractivity contribution < 1.29 is 27.9 Å². The number of carbonyl (C=O) groups excluding carboxylic acids is 1. The molecular weight excluding hydrogens is 409 g/mol. The van der Waals surface area contributed by atoms with Gasteiger partial charge in [-0.1, -0.05) is 12.1 Å². The van der Waals surface area contributed by atoms with Gasteiger partial charge in [-0.15, -0.1) is 5.10 Å². The summed E-state index contributed by atoms with van der Waals surface area (Å²) in [4.78, 5) is 27.0. The van der Waals surface area contributed by atoms with E-state index in [1.165, 1.54) is 43.0 Å². The number of nitrogens with zero attached hydrogens (tertiary/aromatic N) is 4. The number of carboxylic acids is 1. The number of benzene rings is 1. The highest BCUT2D eigenvalue weighted by atomic mass is 19.1. The highest BCUT2D eigenvalue weighted by Crippen LogP contribution is 2.25. The number of halogens is 1. The lowest BCUT2D eigenvalue weighted by molar-refractivity contribution is 0.0691.